The number of benzene rings is 2. The van der Waals surface area contributed by atoms with E-state index in [0.29, 0.717) is 38.4 Å². The number of para-hydroxylation sites is 1. The first-order valence-electron chi connectivity index (χ1n) is 9.42. The summed E-state index contributed by atoms with van der Waals surface area (Å²) < 4.78 is 41.7. The van der Waals surface area contributed by atoms with Crippen LogP contribution in [0.1, 0.15) is 12.5 Å². The van der Waals surface area contributed by atoms with Crippen LogP contribution in [0.3, 0.4) is 0 Å². The Kier molecular flexibility index (Phi) is 6.57. The number of rotatable bonds is 6. The Morgan fingerprint density at radius 3 is 2.14 bits per heavy atom. The number of amides is 1. The first-order chi connectivity index (χ1) is 13.5. The van der Waals surface area contributed by atoms with Gasteiger partial charge in [-0.05, 0) is 30.8 Å². The minimum Gasteiger partial charge on any atom is -0.366 e. The van der Waals surface area contributed by atoms with E-state index in [0.717, 1.165) is 0 Å². The Labute approximate surface area is 163 Å². The molecule has 7 heteroatoms. The number of likely N-dealkylation sites (N-methyl/N-ethyl adjacent to an activating group) is 1. The maximum absolute atomic E-state index is 13.9. The van der Waals surface area contributed by atoms with Crippen molar-refractivity contribution in [3.63, 3.8) is 0 Å². The molecule has 1 heterocycles. The third-order valence-corrected chi connectivity index (χ3v) is 5.08. The van der Waals surface area contributed by atoms with Gasteiger partial charge in [-0.2, -0.15) is 0 Å². The van der Waals surface area contributed by atoms with E-state index >= 15 is 0 Å². The van der Waals surface area contributed by atoms with Crippen molar-refractivity contribution in [3.05, 3.63) is 65.5 Å². The van der Waals surface area contributed by atoms with Gasteiger partial charge in [0.15, 0.2) is 0 Å². The third kappa shape index (κ3) is 4.65. The zero-order valence-electron chi connectivity index (χ0n) is 15.9. The van der Waals surface area contributed by atoms with Gasteiger partial charge in [-0.15, -0.1) is 0 Å². The Morgan fingerprint density at radius 2 is 1.54 bits per heavy atom. The zero-order valence-corrected chi connectivity index (χ0v) is 15.9. The highest BCUT2D eigenvalue weighted by atomic mass is 19.1. The molecule has 2 aromatic rings. The second-order valence-electron chi connectivity index (χ2n) is 6.82. The molecule has 1 saturated heterocycles. The van der Waals surface area contributed by atoms with Crippen molar-refractivity contribution in [2.75, 3.05) is 44.2 Å². The second kappa shape index (κ2) is 9.10. The van der Waals surface area contributed by atoms with E-state index in [1.807, 2.05) is 11.8 Å². The molecule has 1 fully saturated rings. The van der Waals surface area contributed by atoms with Gasteiger partial charge in [-0.25, -0.2) is 13.2 Å². The Balaban J connectivity index is 1.56. The molecule has 0 spiro atoms. The highest BCUT2D eigenvalue weighted by Crippen LogP contribution is 2.20. The molecule has 1 aliphatic rings. The van der Waals surface area contributed by atoms with Crippen molar-refractivity contribution in [2.45, 2.75) is 13.5 Å². The van der Waals surface area contributed by atoms with Crippen LogP contribution < -0.4 is 4.90 Å². The van der Waals surface area contributed by atoms with E-state index in [9.17, 15) is 18.0 Å². The van der Waals surface area contributed by atoms with Crippen molar-refractivity contribution < 1.29 is 18.0 Å². The standard InChI is InChI=1S/C21H24F3N3O/c1-2-25(14-16-17(22)7-5-8-18(16)23)15-21(28)27-12-10-26(11-13-27)20-9-4-3-6-19(20)24/h3-9H,2,10-15H2,1H3. The van der Waals surface area contributed by atoms with Crippen LogP contribution in [0, 0.1) is 17.5 Å². The van der Waals surface area contributed by atoms with Crippen LogP contribution in [0.15, 0.2) is 42.5 Å². The maximum atomic E-state index is 13.9. The molecule has 4 nitrogen and oxygen atoms in total. The van der Waals surface area contributed by atoms with Crippen LogP contribution in [0.25, 0.3) is 0 Å². The summed E-state index contributed by atoms with van der Waals surface area (Å²) >= 11 is 0. The van der Waals surface area contributed by atoms with Crippen molar-refractivity contribution in [1.82, 2.24) is 9.80 Å². The third-order valence-electron chi connectivity index (χ3n) is 5.08. The average Bonchev–Trinajstić information content (AvgIpc) is 2.70. The molecule has 0 bridgehead atoms. The summed E-state index contributed by atoms with van der Waals surface area (Å²) in [5, 5.41) is 0. The van der Waals surface area contributed by atoms with E-state index in [-0.39, 0.29) is 30.4 Å². The van der Waals surface area contributed by atoms with Crippen LogP contribution in [0.2, 0.25) is 0 Å². The molecule has 0 N–H and O–H groups in total. The molecule has 0 atom stereocenters. The van der Waals surface area contributed by atoms with Gasteiger partial charge in [0.25, 0.3) is 0 Å². The first-order valence-corrected chi connectivity index (χ1v) is 9.42. The monoisotopic (exact) mass is 391 g/mol. The number of nitrogens with zero attached hydrogens (tertiary/aromatic N) is 3. The van der Waals surface area contributed by atoms with Gasteiger partial charge in [0.1, 0.15) is 17.5 Å². The van der Waals surface area contributed by atoms with Gasteiger partial charge in [0, 0.05) is 38.3 Å². The predicted octanol–water partition coefficient (Wildman–Crippen LogP) is 3.27. The fourth-order valence-corrected chi connectivity index (χ4v) is 3.38. The number of anilines is 1. The maximum Gasteiger partial charge on any atom is 0.236 e. The molecule has 0 radical (unpaired) electrons. The van der Waals surface area contributed by atoms with Crippen LogP contribution in [0.5, 0.6) is 0 Å². The van der Waals surface area contributed by atoms with Crippen LogP contribution in [-0.2, 0) is 11.3 Å². The molecule has 28 heavy (non-hydrogen) atoms. The molecule has 1 aliphatic heterocycles. The molecule has 1 amide bonds. The van der Waals surface area contributed by atoms with Crippen molar-refractivity contribution in [2.24, 2.45) is 0 Å². The summed E-state index contributed by atoms with van der Waals surface area (Å²) in [4.78, 5) is 18.0. The lowest BCUT2D eigenvalue weighted by Gasteiger charge is -2.37. The van der Waals surface area contributed by atoms with E-state index < -0.39 is 11.6 Å². The van der Waals surface area contributed by atoms with Gasteiger partial charge in [-0.3, -0.25) is 9.69 Å². The highest BCUT2D eigenvalue weighted by molar-refractivity contribution is 5.78. The molecule has 0 saturated carbocycles. The lowest BCUT2D eigenvalue weighted by Crippen LogP contribution is -2.51. The summed E-state index contributed by atoms with van der Waals surface area (Å²) in [7, 11) is 0. The van der Waals surface area contributed by atoms with E-state index in [1.165, 1.54) is 24.3 Å². The van der Waals surface area contributed by atoms with Gasteiger partial charge >= 0.3 is 0 Å². The predicted molar refractivity (Wildman–Crippen MR) is 103 cm³/mol. The molecule has 0 unspecified atom stereocenters. The van der Waals surface area contributed by atoms with Crippen molar-refractivity contribution in [3.8, 4) is 0 Å². The normalized spacial score (nSPS) is 14.6. The molecular weight excluding hydrogens is 367 g/mol. The number of carbonyl (C=O) groups is 1. The van der Waals surface area contributed by atoms with Crippen LogP contribution >= 0.6 is 0 Å². The Morgan fingerprint density at radius 1 is 0.929 bits per heavy atom. The minimum absolute atomic E-state index is 0.0264. The summed E-state index contributed by atoms with van der Waals surface area (Å²) in [5.74, 6) is -1.58. The SMILES string of the molecule is CCN(CC(=O)N1CCN(c2ccccc2F)CC1)Cc1c(F)cccc1F. The summed E-state index contributed by atoms with van der Waals surface area (Å²) in [5.41, 5.74) is 0.515. The molecule has 0 aromatic heterocycles. The largest absolute Gasteiger partial charge is 0.366 e. The Bertz CT molecular complexity index is 802. The topological polar surface area (TPSA) is 26.8 Å². The minimum atomic E-state index is -0.607. The van der Waals surface area contributed by atoms with Crippen LogP contribution in [-0.4, -0.2) is 55.0 Å². The molecular formula is C21H24F3N3O. The van der Waals surface area contributed by atoms with E-state index in [1.54, 1.807) is 28.0 Å². The fourth-order valence-electron chi connectivity index (χ4n) is 3.38. The fraction of sp³-hybridized carbons (Fsp3) is 0.381. The first kappa shape index (κ1) is 20.2. The molecule has 150 valence electrons. The van der Waals surface area contributed by atoms with Crippen LogP contribution in [0.4, 0.5) is 18.9 Å². The molecule has 0 aliphatic carbocycles. The zero-order chi connectivity index (χ0) is 20.1. The quantitative estimate of drug-likeness (QED) is 0.756. The lowest BCUT2D eigenvalue weighted by atomic mass is 10.2. The number of hydrogen-bond acceptors (Lipinski definition) is 3. The van der Waals surface area contributed by atoms with E-state index in [4.69, 9.17) is 0 Å². The lowest BCUT2D eigenvalue weighted by molar-refractivity contribution is -0.132. The number of halogens is 3. The average molecular weight is 391 g/mol. The number of hydrogen-bond donors (Lipinski definition) is 0. The second-order valence-corrected chi connectivity index (χ2v) is 6.82. The number of piperazine rings is 1. The van der Waals surface area contributed by atoms with Gasteiger partial charge in [0.05, 0.1) is 12.2 Å². The van der Waals surface area contributed by atoms with Gasteiger partial charge in [0.2, 0.25) is 5.91 Å². The van der Waals surface area contributed by atoms with Crippen molar-refractivity contribution in [1.29, 1.82) is 0 Å². The van der Waals surface area contributed by atoms with E-state index in [2.05, 4.69) is 0 Å². The van der Waals surface area contributed by atoms with Gasteiger partial charge in [-0.1, -0.05) is 25.1 Å². The summed E-state index contributed by atoms with van der Waals surface area (Å²) in [6.07, 6.45) is 0. The van der Waals surface area contributed by atoms with Gasteiger partial charge < -0.3 is 9.80 Å². The smallest absolute Gasteiger partial charge is 0.236 e. The molecule has 2 aromatic carbocycles. The number of carbonyl (C=O) groups excluding carboxylic acids is 1. The summed E-state index contributed by atoms with van der Waals surface area (Å²) in [6, 6.07) is 10.4. The summed E-state index contributed by atoms with van der Waals surface area (Å²) in [6.45, 7) is 4.52. The Hall–Kier alpha value is -2.54. The highest BCUT2D eigenvalue weighted by Gasteiger charge is 2.24. The van der Waals surface area contributed by atoms with Crippen molar-refractivity contribution >= 4 is 11.6 Å². The molecule has 3 rings (SSSR count).